The van der Waals surface area contributed by atoms with Gasteiger partial charge in [-0.25, -0.2) is 4.79 Å². The number of aryl methyl sites for hydroxylation is 1. The predicted molar refractivity (Wildman–Crippen MR) is 99.0 cm³/mol. The van der Waals surface area contributed by atoms with Crippen molar-refractivity contribution in [1.29, 1.82) is 0 Å². The highest BCUT2D eigenvalue weighted by Crippen LogP contribution is 2.20. The molecular formula is C20H27N2O4+. The minimum atomic E-state index is -0.433. The van der Waals surface area contributed by atoms with Gasteiger partial charge in [0.2, 0.25) is 5.78 Å². The fourth-order valence-corrected chi connectivity index (χ4v) is 3.15. The van der Waals surface area contributed by atoms with Crippen LogP contribution >= 0.6 is 0 Å². The van der Waals surface area contributed by atoms with Gasteiger partial charge < -0.3 is 19.4 Å². The normalized spacial score (nSPS) is 13.2. The second-order valence-electron chi connectivity index (χ2n) is 6.54. The van der Waals surface area contributed by atoms with E-state index < -0.39 is 5.97 Å². The number of likely N-dealkylation sites (N-methyl/N-ethyl adjacent to an activating group) is 1. The van der Waals surface area contributed by atoms with Gasteiger partial charge in [-0.3, -0.25) is 4.79 Å². The maximum absolute atomic E-state index is 13.0. The molecule has 26 heavy (non-hydrogen) atoms. The summed E-state index contributed by atoms with van der Waals surface area (Å²) in [6.45, 7) is 6.08. The number of carbonyl (C=O) groups is 2. The molecule has 1 aromatic carbocycles. The highest BCUT2D eigenvalue weighted by molar-refractivity contribution is 6.03. The van der Waals surface area contributed by atoms with Crippen molar-refractivity contribution in [3.8, 4) is 5.75 Å². The summed E-state index contributed by atoms with van der Waals surface area (Å²) in [5.74, 6) is 0.345. The molecule has 2 N–H and O–H groups in total. The summed E-state index contributed by atoms with van der Waals surface area (Å²) in [5.41, 5.74) is 3.23. The van der Waals surface area contributed by atoms with Crippen LogP contribution in [0.2, 0.25) is 0 Å². The Bertz CT molecular complexity index is 810. The number of para-hydroxylation sites is 1. The van der Waals surface area contributed by atoms with Gasteiger partial charge in [0.15, 0.2) is 6.04 Å². The van der Waals surface area contributed by atoms with Crippen molar-refractivity contribution < 1.29 is 24.0 Å². The molecular weight excluding hydrogens is 332 g/mol. The Kier molecular flexibility index (Phi) is 6.21. The van der Waals surface area contributed by atoms with E-state index in [9.17, 15) is 9.59 Å². The molecule has 6 heteroatoms. The standard InChI is InChI=1S/C20H26N2O4/c1-12-17(20(24)26-6)13(2)21-18(12)19(23)14(3)22(4)11-15-9-7-8-10-16(15)25-5/h7-10,14,21H,11H2,1-6H3/p+1/t14-/m0/s1. The van der Waals surface area contributed by atoms with E-state index in [1.807, 2.05) is 38.2 Å². The molecule has 2 atom stereocenters. The first-order valence-electron chi connectivity index (χ1n) is 8.57. The highest BCUT2D eigenvalue weighted by Gasteiger charge is 2.29. The molecule has 0 fully saturated rings. The van der Waals surface area contributed by atoms with E-state index in [0.29, 0.717) is 29.1 Å². The predicted octanol–water partition coefficient (Wildman–Crippen LogP) is 1.71. The van der Waals surface area contributed by atoms with Crippen molar-refractivity contribution in [2.45, 2.75) is 33.4 Å². The number of carbonyl (C=O) groups excluding carboxylic acids is 2. The van der Waals surface area contributed by atoms with Crippen molar-refractivity contribution >= 4 is 11.8 Å². The first-order chi connectivity index (χ1) is 12.3. The van der Waals surface area contributed by atoms with Crippen molar-refractivity contribution in [3.63, 3.8) is 0 Å². The average molecular weight is 359 g/mol. The number of rotatable bonds is 7. The molecule has 0 spiro atoms. The van der Waals surface area contributed by atoms with Crippen molar-refractivity contribution in [1.82, 2.24) is 4.98 Å². The third kappa shape index (κ3) is 3.80. The number of aromatic amines is 1. The SMILES string of the molecule is COC(=O)c1c(C)[nH]c(C(=O)[C@H](C)[NH+](C)Cc2ccccc2OC)c1C. The zero-order chi connectivity index (χ0) is 19.4. The van der Waals surface area contributed by atoms with E-state index in [2.05, 4.69) is 4.98 Å². The van der Waals surface area contributed by atoms with Crippen molar-refractivity contribution in [3.05, 3.63) is 52.3 Å². The lowest BCUT2D eigenvalue weighted by Gasteiger charge is -2.21. The second kappa shape index (κ2) is 8.19. The highest BCUT2D eigenvalue weighted by atomic mass is 16.5. The van der Waals surface area contributed by atoms with Gasteiger partial charge in [-0.15, -0.1) is 0 Å². The molecule has 0 aliphatic heterocycles. The van der Waals surface area contributed by atoms with Gasteiger partial charge in [0.05, 0.1) is 32.5 Å². The molecule has 6 nitrogen and oxygen atoms in total. The van der Waals surface area contributed by atoms with Crippen LogP contribution < -0.4 is 9.64 Å². The fourth-order valence-electron chi connectivity index (χ4n) is 3.15. The zero-order valence-electron chi connectivity index (χ0n) is 16.2. The minimum absolute atomic E-state index is 0.0341. The monoisotopic (exact) mass is 359 g/mol. The van der Waals surface area contributed by atoms with Gasteiger partial charge in [-0.2, -0.15) is 0 Å². The number of ketones is 1. The Labute approximate surface area is 154 Å². The summed E-state index contributed by atoms with van der Waals surface area (Å²) in [4.78, 5) is 29.0. The number of quaternary nitrogens is 1. The van der Waals surface area contributed by atoms with Gasteiger partial charge in [0, 0.05) is 11.3 Å². The Morgan fingerprint density at radius 3 is 2.46 bits per heavy atom. The lowest BCUT2D eigenvalue weighted by Crippen LogP contribution is -3.12. The molecule has 2 rings (SSSR count). The largest absolute Gasteiger partial charge is 0.496 e. The van der Waals surface area contributed by atoms with Crippen LogP contribution in [0.5, 0.6) is 5.75 Å². The molecule has 0 saturated carbocycles. The summed E-state index contributed by atoms with van der Waals surface area (Å²) in [6, 6.07) is 7.50. The Morgan fingerprint density at radius 1 is 1.19 bits per heavy atom. The first kappa shape index (κ1) is 19.7. The number of nitrogens with one attached hydrogen (secondary N) is 2. The molecule has 0 bridgehead atoms. The number of hydrogen-bond acceptors (Lipinski definition) is 4. The Hall–Kier alpha value is -2.60. The summed E-state index contributed by atoms with van der Waals surface area (Å²) in [5, 5.41) is 0. The summed E-state index contributed by atoms with van der Waals surface area (Å²) < 4.78 is 10.2. The zero-order valence-corrected chi connectivity index (χ0v) is 16.2. The molecule has 1 unspecified atom stereocenters. The number of ether oxygens (including phenoxy) is 2. The van der Waals surface area contributed by atoms with Crippen molar-refractivity contribution in [2.24, 2.45) is 0 Å². The van der Waals surface area contributed by atoms with E-state index in [-0.39, 0.29) is 11.8 Å². The summed E-state index contributed by atoms with van der Waals surface area (Å²) >= 11 is 0. The first-order valence-corrected chi connectivity index (χ1v) is 8.57. The van der Waals surface area contributed by atoms with E-state index in [1.165, 1.54) is 7.11 Å². The van der Waals surface area contributed by atoms with Crippen LogP contribution in [0.4, 0.5) is 0 Å². The number of aromatic nitrogens is 1. The molecule has 2 aromatic rings. The number of methoxy groups -OCH3 is 2. The topological polar surface area (TPSA) is 72.8 Å². The van der Waals surface area contributed by atoms with Crippen LogP contribution in [-0.4, -0.2) is 44.0 Å². The van der Waals surface area contributed by atoms with Gasteiger partial charge in [0.25, 0.3) is 0 Å². The Balaban J connectivity index is 2.23. The van der Waals surface area contributed by atoms with Crippen LogP contribution in [-0.2, 0) is 11.3 Å². The average Bonchev–Trinajstić information content (AvgIpc) is 2.94. The quantitative estimate of drug-likeness (QED) is 0.583. The van der Waals surface area contributed by atoms with Crippen LogP contribution in [0.25, 0.3) is 0 Å². The summed E-state index contributed by atoms with van der Waals surface area (Å²) in [6.07, 6.45) is 0. The van der Waals surface area contributed by atoms with Gasteiger partial charge in [-0.1, -0.05) is 12.1 Å². The van der Waals surface area contributed by atoms with Crippen LogP contribution in [0, 0.1) is 13.8 Å². The molecule has 0 aliphatic carbocycles. The number of esters is 1. The molecule has 0 radical (unpaired) electrons. The summed E-state index contributed by atoms with van der Waals surface area (Å²) in [7, 11) is 4.95. The smallest absolute Gasteiger partial charge is 0.339 e. The molecule has 0 saturated heterocycles. The third-order valence-corrected chi connectivity index (χ3v) is 4.87. The van der Waals surface area contributed by atoms with Gasteiger partial charge >= 0.3 is 5.97 Å². The number of H-pyrrole nitrogens is 1. The van der Waals surface area contributed by atoms with Crippen LogP contribution in [0.15, 0.2) is 24.3 Å². The maximum Gasteiger partial charge on any atom is 0.339 e. The molecule has 0 aliphatic rings. The Morgan fingerprint density at radius 2 is 1.85 bits per heavy atom. The minimum Gasteiger partial charge on any atom is -0.496 e. The molecule has 140 valence electrons. The lowest BCUT2D eigenvalue weighted by molar-refractivity contribution is -0.907. The maximum atomic E-state index is 13.0. The second-order valence-corrected chi connectivity index (χ2v) is 6.54. The number of benzene rings is 1. The lowest BCUT2D eigenvalue weighted by atomic mass is 10.0. The molecule has 1 aromatic heterocycles. The van der Waals surface area contributed by atoms with Crippen LogP contribution in [0.1, 0.15) is 44.6 Å². The van der Waals surface area contributed by atoms with Crippen molar-refractivity contribution in [2.75, 3.05) is 21.3 Å². The number of hydrogen-bond donors (Lipinski definition) is 2. The van der Waals surface area contributed by atoms with Gasteiger partial charge in [0.1, 0.15) is 12.3 Å². The van der Waals surface area contributed by atoms with E-state index in [4.69, 9.17) is 9.47 Å². The van der Waals surface area contributed by atoms with E-state index in [0.717, 1.165) is 16.2 Å². The van der Waals surface area contributed by atoms with E-state index in [1.54, 1.807) is 21.0 Å². The number of Topliss-reactive ketones (excluding diaryl/α,β-unsaturated/α-hetero) is 1. The van der Waals surface area contributed by atoms with Gasteiger partial charge in [-0.05, 0) is 38.5 Å². The third-order valence-electron chi connectivity index (χ3n) is 4.87. The van der Waals surface area contributed by atoms with Crippen LogP contribution in [0.3, 0.4) is 0 Å². The molecule has 1 heterocycles. The fraction of sp³-hybridized carbons (Fsp3) is 0.400. The molecule has 0 amide bonds. The van der Waals surface area contributed by atoms with E-state index >= 15 is 0 Å².